The first-order chi connectivity index (χ1) is 8.26. The van der Waals surface area contributed by atoms with Crippen LogP contribution in [-0.4, -0.2) is 32.2 Å². The molecule has 0 unspecified atom stereocenters. The summed E-state index contributed by atoms with van der Waals surface area (Å²) in [5.41, 5.74) is 0. The van der Waals surface area contributed by atoms with E-state index in [-0.39, 0.29) is 0 Å². The van der Waals surface area contributed by atoms with E-state index in [1.165, 1.54) is 6.26 Å². The van der Waals surface area contributed by atoms with Crippen molar-refractivity contribution < 1.29 is 12.8 Å². The van der Waals surface area contributed by atoms with Crippen LogP contribution < -0.4 is 5.32 Å². The van der Waals surface area contributed by atoms with Crippen LogP contribution in [0.5, 0.6) is 0 Å². The van der Waals surface area contributed by atoms with Crippen LogP contribution in [0.1, 0.15) is 25.4 Å². The van der Waals surface area contributed by atoms with Gasteiger partial charge in [-0.3, -0.25) is 0 Å². The fourth-order valence-corrected chi connectivity index (χ4v) is 2.16. The van der Waals surface area contributed by atoms with Crippen molar-refractivity contribution in [2.75, 3.05) is 19.1 Å². The molecule has 4 nitrogen and oxygen atoms in total. The maximum atomic E-state index is 11.5. The Kier molecular flexibility index (Phi) is 5.31. The lowest BCUT2D eigenvalue weighted by Crippen LogP contribution is -2.41. The van der Waals surface area contributed by atoms with Crippen LogP contribution in [0.4, 0.5) is 0 Å². The van der Waals surface area contributed by atoms with E-state index in [1.807, 2.05) is 18.4 Å². The summed E-state index contributed by atoms with van der Waals surface area (Å²) in [4.78, 5) is 0. The van der Waals surface area contributed by atoms with Crippen molar-refractivity contribution in [2.45, 2.75) is 30.9 Å². The third-order valence-electron chi connectivity index (χ3n) is 2.86. The smallest absolute Gasteiger partial charge is 0.153 e. The molecule has 1 aromatic rings. The molecule has 0 spiro atoms. The van der Waals surface area contributed by atoms with Gasteiger partial charge in [-0.1, -0.05) is 0 Å². The van der Waals surface area contributed by atoms with Gasteiger partial charge in [0.25, 0.3) is 0 Å². The normalized spacial score (nSPS) is 12.9. The topological polar surface area (TPSA) is 59.3 Å². The first kappa shape index (κ1) is 15.6. The molecule has 18 heavy (non-hydrogen) atoms. The Morgan fingerprint density at radius 1 is 1.33 bits per heavy atom. The quantitative estimate of drug-likeness (QED) is 0.833. The second-order valence-corrected chi connectivity index (χ2v) is 8.45. The fraction of sp³-hybridized carbons (Fsp3) is 0.667. The minimum atomic E-state index is -3.06. The third kappa shape index (κ3) is 4.33. The minimum Gasteiger partial charge on any atom is -0.464 e. The van der Waals surface area contributed by atoms with Gasteiger partial charge in [-0.2, -0.15) is 11.8 Å². The van der Waals surface area contributed by atoms with E-state index in [4.69, 9.17) is 4.42 Å². The highest BCUT2D eigenvalue weighted by molar-refractivity contribution is 7.97. The summed E-state index contributed by atoms with van der Waals surface area (Å²) in [6.07, 6.45) is 3.28. The summed E-state index contributed by atoms with van der Waals surface area (Å²) in [6.45, 7) is 4.39. The fourth-order valence-electron chi connectivity index (χ4n) is 1.35. The van der Waals surface area contributed by atoms with E-state index in [0.717, 1.165) is 17.3 Å². The van der Waals surface area contributed by atoms with E-state index in [1.54, 1.807) is 25.6 Å². The molecular formula is C12H21NO3S2. The molecular weight excluding hydrogens is 270 g/mol. The van der Waals surface area contributed by atoms with Gasteiger partial charge in [0.1, 0.15) is 11.5 Å². The number of nitrogens with one attached hydrogen (secondary N) is 1. The standard InChI is InChI=1S/C12H21NO3S2/c1-12(2,18(4,14)15)9-13-7-10-5-6-11(16-10)8-17-3/h5-6,13H,7-9H2,1-4H3. The monoisotopic (exact) mass is 291 g/mol. The predicted molar refractivity (Wildman–Crippen MR) is 76.6 cm³/mol. The Morgan fingerprint density at radius 2 is 1.94 bits per heavy atom. The van der Waals surface area contributed by atoms with E-state index in [9.17, 15) is 8.42 Å². The number of thioether (sulfide) groups is 1. The lowest BCUT2D eigenvalue weighted by Gasteiger charge is -2.22. The molecule has 6 heteroatoms. The van der Waals surface area contributed by atoms with Gasteiger partial charge in [-0.25, -0.2) is 8.42 Å². The average molecular weight is 291 g/mol. The third-order valence-corrected chi connectivity index (χ3v) is 5.58. The predicted octanol–water partition coefficient (Wildman–Crippen LogP) is 2.06. The maximum Gasteiger partial charge on any atom is 0.153 e. The lowest BCUT2D eigenvalue weighted by atomic mass is 10.2. The van der Waals surface area contributed by atoms with Crippen molar-refractivity contribution in [1.29, 1.82) is 0 Å². The SMILES string of the molecule is CSCc1ccc(CNCC(C)(C)S(C)(=O)=O)o1. The summed E-state index contributed by atoms with van der Waals surface area (Å²) in [6, 6.07) is 3.88. The van der Waals surface area contributed by atoms with Gasteiger partial charge >= 0.3 is 0 Å². The van der Waals surface area contributed by atoms with Crippen molar-refractivity contribution >= 4 is 21.6 Å². The number of sulfone groups is 1. The second kappa shape index (κ2) is 6.12. The molecule has 0 saturated heterocycles. The Bertz CT molecular complexity index is 477. The van der Waals surface area contributed by atoms with Crippen molar-refractivity contribution in [3.63, 3.8) is 0 Å². The molecule has 0 aliphatic heterocycles. The van der Waals surface area contributed by atoms with Gasteiger partial charge in [0.2, 0.25) is 0 Å². The van der Waals surface area contributed by atoms with Crippen molar-refractivity contribution in [3.05, 3.63) is 23.7 Å². The van der Waals surface area contributed by atoms with Crippen LogP contribution in [0.2, 0.25) is 0 Å². The van der Waals surface area contributed by atoms with Crippen LogP contribution in [-0.2, 0) is 22.1 Å². The van der Waals surface area contributed by atoms with E-state index < -0.39 is 14.6 Å². The van der Waals surface area contributed by atoms with Crippen LogP contribution in [0.15, 0.2) is 16.5 Å². The number of hydrogen-bond acceptors (Lipinski definition) is 5. The zero-order valence-electron chi connectivity index (χ0n) is 11.3. The van der Waals surface area contributed by atoms with Gasteiger partial charge in [-0.15, -0.1) is 0 Å². The molecule has 1 heterocycles. The van der Waals surface area contributed by atoms with Gasteiger partial charge in [0, 0.05) is 12.8 Å². The summed E-state index contributed by atoms with van der Waals surface area (Å²) < 4.78 is 27.9. The van der Waals surface area contributed by atoms with E-state index in [0.29, 0.717) is 13.1 Å². The zero-order valence-corrected chi connectivity index (χ0v) is 13.0. The molecule has 1 rings (SSSR count). The van der Waals surface area contributed by atoms with Crippen LogP contribution >= 0.6 is 11.8 Å². The Hall–Kier alpha value is -0.460. The van der Waals surface area contributed by atoms with Gasteiger partial charge in [-0.05, 0) is 32.2 Å². The van der Waals surface area contributed by atoms with Gasteiger partial charge < -0.3 is 9.73 Å². The molecule has 0 aliphatic carbocycles. The molecule has 0 amide bonds. The molecule has 1 aromatic heterocycles. The van der Waals surface area contributed by atoms with Crippen molar-refractivity contribution in [3.8, 4) is 0 Å². The van der Waals surface area contributed by atoms with Gasteiger partial charge in [0.05, 0.1) is 17.0 Å². The lowest BCUT2D eigenvalue weighted by molar-refractivity contribution is 0.447. The molecule has 0 aliphatic rings. The highest BCUT2D eigenvalue weighted by Gasteiger charge is 2.29. The summed E-state index contributed by atoms with van der Waals surface area (Å²) in [5.74, 6) is 2.64. The summed E-state index contributed by atoms with van der Waals surface area (Å²) in [7, 11) is -3.06. The molecule has 104 valence electrons. The number of furan rings is 1. The molecule has 0 radical (unpaired) electrons. The number of rotatable bonds is 7. The second-order valence-electron chi connectivity index (χ2n) is 4.94. The number of hydrogen-bond donors (Lipinski definition) is 1. The van der Waals surface area contributed by atoms with Crippen molar-refractivity contribution in [2.24, 2.45) is 0 Å². The summed E-state index contributed by atoms with van der Waals surface area (Å²) >= 11 is 1.71. The molecule has 0 aromatic carbocycles. The largest absolute Gasteiger partial charge is 0.464 e. The molecule has 0 fully saturated rings. The Labute approximate surface area is 113 Å². The highest BCUT2D eigenvalue weighted by Crippen LogP contribution is 2.15. The zero-order chi connectivity index (χ0) is 13.8. The maximum absolute atomic E-state index is 11.5. The Balaban J connectivity index is 2.46. The van der Waals surface area contributed by atoms with Crippen LogP contribution in [0.25, 0.3) is 0 Å². The Morgan fingerprint density at radius 3 is 2.50 bits per heavy atom. The molecule has 0 bridgehead atoms. The minimum absolute atomic E-state index is 0.407. The van der Waals surface area contributed by atoms with Gasteiger partial charge in [0.15, 0.2) is 9.84 Å². The summed E-state index contributed by atoms with van der Waals surface area (Å²) in [5, 5.41) is 3.12. The average Bonchev–Trinajstić information content (AvgIpc) is 2.64. The molecule has 0 atom stereocenters. The van der Waals surface area contributed by atoms with Crippen LogP contribution in [0.3, 0.4) is 0 Å². The first-order valence-electron chi connectivity index (χ1n) is 5.73. The van der Waals surface area contributed by atoms with E-state index >= 15 is 0 Å². The van der Waals surface area contributed by atoms with Crippen LogP contribution in [0, 0.1) is 0 Å². The first-order valence-corrected chi connectivity index (χ1v) is 9.01. The molecule has 1 N–H and O–H groups in total. The molecule has 0 saturated carbocycles. The van der Waals surface area contributed by atoms with E-state index in [2.05, 4.69) is 5.32 Å². The van der Waals surface area contributed by atoms with Crippen molar-refractivity contribution in [1.82, 2.24) is 5.32 Å². The highest BCUT2D eigenvalue weighted by atomic mass is 32.2.